The minimum Gasteiger partial charge on any atom is -0.449 e. The molecule has 2 aromatic rings. The second-order valence-electron chi connectivity index (χ2n) is 7.34. The molecule has 0 saturated carbocycles. The van der Waals surface area contributed by atoms with Gasteiger partial charge in [-0.1, -0.05) is 18.2 Å². The Hall–Kier alpha value is -3.07. The van der Waals surface area contributed by atoms with Crippen LogP contribution >= 0.6 is 0 Å². The number of hydrogen-bond acceptors (Lipinski definition) is 5. The predicted molar refractivity (Wildman–Crippen MR) is 122 cm³/mol. The fraction of sp³-hybridized carbons (Fsp3) is 0.364. The summed E-state index contributed by atoms with van der Waals surface area (Å²) in [6.07, 6.45) is -0.472. The number of ether oxygens (including phenoxy) is 1. The van der Waals surface area contributed by atoms with Crippen molar-refractivity contribution in [2.75, 3.05) is 33.4 Å². The minimum atomic E-state index is -3.40. The highest BCUT2D eigenvalue weighted by Crippen LogP contribution is 2.39. The topological polar surface area (TPSA) is 96.0 Å². The lowest BCUT2D eigenvalue weighted by Crippen LogP contribution is -2.51. The van der Waals surface area contributed by atoms with Gasteiger partial charge in [-0.25, -0.2) is 13.2 Å². The Labute approximate surface area is 182 Å². The largest absolute Gasteiger partial charge is 0.449 e. The van der Waals surface area contributed by atoms with E-state index in [4.69, 9.17) is 4.74 Å². The van der Waals surface area contributed by atoms with Gasteiger partial charge in [0.15, 0.2) is 0 Å². The maximum atomic E-state index is 12.6. The molecular weight excluding hydrogens is 418 g/mol. The summed E-state index contributed by atoms with van der Waals surface area (Å²) in [6.45, 7) is 7.25. The van der Waals surface area contributed by atoms with Crippen LogP contribution in [-0.2, 0) is 19.6 Å². The number of sulfonamides is 1. The van der Waals surface area contributed by atoms with Crippen molar-refractivity contribution in [2.45, 2.75) is 33.7 Å². The summed E-state index contributed by atoms with van der Waals surface area (Å²) in [4.78, 5) is 28.1. The second-order valence-corrected chi connectivity index (χ2v) is 9.35. The molecule has 1 atom stereocenters. The molecule has 1 N–H and O–H groups in total. The highest BCUT2D eigenvalue weighted by molar-refractivity contribution is 7.92. The van der Waals surface area contributed by atoms with Gasteiger partial charge in [0.05, 0.1) is 29.8 Å². The number of rotatable bonds is 5. The zero-order valence-corrected chi connectivity index (χ0v) is 18.9. The van der Waals surface area contributed by atoms with Crippen LogP contribution in [0.25, 0.3) is 11.1 Å². The molecular formula is C22H27N3O5S. The average Bonchev–Trinajstić information content (AvgIpc) is 2.72. The number of benzene rings is 2. The summed E-state index contributed by atoms with van der Waals surface area (Å²) in [5.41, 5.74) is 3.22. The number of carbonyl (C=O) groups excluding carboxylic acids is 2. The molecule has 0 bridgehead atoms. The van der Waals surface area contributed by atoms with Crippen molar-refractivity contribution in [3.8, 4) is 11.1 Å². The molecule has 8 nitrogen and oxygen atoms in total. The van der Waals surface area contributed by atoms with E-state index in [9.17, 15) is 18.0 Å². The number of carbonyl (C=O) groups is 2. The number of nitrogens with one attached hydrogen (secondary N) is 1. The minimum absolute atomic E-state index is 0.0242. The Morgan fingerprint density at radius 3 is 2.45 bits per heavy atom. The standard InChI is InChI=1S/C22H27N3O5S/c1-5-30-22(27)24-14-15(3)25(16(4)26)20-11-10-18(13-21(20)24)17-8-7-9-19(12-17)23-31(28,29)6-2/h7-13,15,23H,5-6,14H2,1-4H3. The Kier molecular flexibility index (Phi) is 6.54. The Balaban J connectivity index is 2.07. The molecule has 31 heavy (non-hydrogen) atoms. The third-order valence-electron chi connectivity index (χ3n) is 5.09. The van der Waals surface area contributed by atoms with E-state index in [1.807, 2.05) is 25.1 Å². The van der Waals surface area contributed by atoms with Gasteiger partial charge >= 0.3 is 6.09 Å². The Bertz CT molecular complexity index is 1100. The quantitative estimate of drug-likeness (QED) is 0.755. The number of fused-ring (bicyclic) bond motifs is 1. The van der Waals surface area contributed by atoms with Crippen LogP contribution < -0.4 is 14.5 Å². The first-order chi connectivity index (χ1) is 14.7. The zero-order chi connectivity index (χ0) is 22.8. The van der Waals surface area contributed by atoms with Gasteiger partial charge in [0.25, 0.3) is 0 Å². The lowest BCUT2D eigenvalue weighted by molar-refractivity contribution is -0.117. The molecule has 0 aromatic heterocycles. The third kappa shape index (κ3) is 4.82. The number of anilines is 3. The van der Waals surface area contributed by atoms with Gasteiger partial charge in [-0.2, -0.15) is 0 Å². The molecule has 2 aromatic carbocycles. The van der Waals surface area contributed by atoms with Crippen LogP contribution in [0.4, 0.5) is 21.9 Å². The average molecular weight is 446 g/mol. The molecule has 1 aliphatic heterocycles. The fourth-order valence-corrected chi connectivity index (χ4v) is 4.30. The van der Waals surface area contributed by atoms with Crippen LogP contribution in [0.2, 0.25) is 0 Å². The van der Waals surface area contributed by atoms with E-state index in [1.54, 1.807) is 43.0 Å². The van der Waals surface area contributed by atoms with Crippen molar-refractivity contribution >= 4 is 39.1 Å². The zero-order valence-electron chi connectivity index (χ0n) is 18.1. The normalized spacial score (nSPS) is 15.9. The molecule has 0 saturated heterocycles. The lowest BCUT2D eigenvalue weighted by atomic mass is 10.0. The van der Waals surface area contributed by atoms with E-state index in [2.05, 4.69) is 4.72 Å². The number of amides is 2. The van der Waals surface area contributed by atoms with Crippen LogP contribution in [-0.4, -0.2) is 45.4 Å². The first-order valence-corrected chi connectivity index (χ1v) is 11.8. The van der Waals surface area contributed by atoms with Crippen molar-refractivity contribution in [2.24, 2.45) is 0 Å². The van der Waals surface area contributed by atoms with E-state index in [0.29, 0.717) is 23.6 Å². The molecule has 0 spiro atoms. The van der Waals surface area contributed by atoms with E-state index in [0.717, 1.165) is 11.1 Å². The van der Waals surface area contributed by atoms with Gasteiger partial charge in [0, 0.05) is 19.2 Å². The van der Waals surface area contributed by atoms with Gasteiger partial charge in [0.2, 0.25) is 15.9 Å². The SMILES string of the molecule is CCOC(=O)N1CC(C)N(C(C)=O)c2ccc(-c3cccc(NS(=O)(=O)CC)c3)cc21. The fourth-order valence-electron chi connectivity index (χ4n) is 3.67. The molecule has 9 heteroatoms. The highest BCUT2D eigenvalue weighted by atomic mass is 32.2. The molecule has 0 aliphatic carbocycles. The van der Waals surface area contributed by atoms with Crippen LogP contribution in [0.3, 0.4) is 0 Å². The summed E-state index contributed by atoms with van der Waals surface area (Å²) >= 11 is 0. The maximum Gasteiger partial charge on any atom is 0.414 e. The first kappa shape index (κ1) is 22.6. The van der Waals surface area contributed by atoms with E-state index in [1.165, 1.54) is 11.8 Å². The highest BCUT2D eigenvalue weighted by Gasteiger charge is 2.34. The van der Waals surface area contributed by atoms with Gasteiger partial charge in [0.1, 0.15) is 0 Å². The molecule has 0 fully saturated rings. The second kappa shape index (κ2) is 8.97. The molecule has 3 rings (SSSR count). The monoisotopic (exact) mass is 445 g/mol. The molecule has 1 heterocycles. The Morgan fingerprint density at radius 2 is 1.81 bits per heavy atom. The van der Waals surface area contributed by atoms with Crippen LogP contribution in [0.1, 0.15) is 27.7 Å². The van der Waals surface area contributed by atoms with E-state index < -0.39 is 16.1 Å². The molecule has 0 radical (unpaired) electrons. The summed E-state index contributed by atoms with van der Waals surface area (Å²) in [6, 6.07) is 12.3. The molecule has 1 aliphatic rings. The predicted octanol–water partition coefficient (Wildman–Crippen LogP) is 3.83. The lowest BCUT2D eigenvalue weighted by Gasteiger charge is -2.40. The number of hydrogen-bond donors (Lipinski definition) is 1. The summed E-state index contributed by atoms with van der Waals surface area (Å²) in [5, 5.41) is 0. The van der Waals surface area contributed by atoms with Gasteiger partial charge in [-0.05, 0) is 56.2 Å². The molecule has 1 unspecified atom stereocenters. The Morgan fingerprint density at radius 1 is 1.10 bits per heavy atom. The van der Waals surface area contributed by atoms with Gasteiger partial charge in [-0.3, -0.25) is 14.4 Å². The van der Waals surface area contributed by atoms with E-state index in [-0.39, 0.29) is 24.3 Å². The van der Waals surface area contributed by atoms with Gasteiger partial charge < -0.3 is 9.64 Å². The van der Waals surface area contributed by atoms with Crippen molar-refractivity contribution in [1.29, 1.82) is 0 Å². The van der Waals surface area contributed by atoms with Crippen LogP contribution in [0.15, 0.2) is 42.5 Å². The first-order valence-electron chi connectivity index (χ1n) is 10.2. The third-order valence-corrected chi connectivity index (χ3v) is 6.40. The molecule has 2 amide bonds. The maximum absolute atomic E-state index is 12.6. The summed E-state index contributed by atoms with van der Waals surface area (Å²) < 4.78 is 31.6. The van der Waals surface area contributed by atoms with Crippen LogP contribution in [0, 0.1) is 0 Å². The van der Waals surface area contributed by atoms with E-state index >= 15 is 0 Å². The van der Waals surface area contributed by atoms with Crippen molar-refractivity contribution in [1.82, 2.24) is 0 Å². The van der Waals surface area contributed by atoms with Crippen molar-refractivity contribution < 1.29 is 22.7 Å². The van der Waals surface area contributed by atoms with Gasteiger partial charge in [-0.15, -0.1) is 0 Å². The smallest absolute Gasteiger partial charge is 0.414 e. The van der Waals surface area contributed by atoms with Crippen LogP contribution in [0.5, 0.6) is 0 Å². The summed E-state index contributed by atoms with van der Waals surface area (Å²) in [5.74, 6) is -0.134. The summed E-state index contributed by atoms with van der Waals surface area (Å²) in [7, 11) is -3.40. The number of nitrogens with zero attached hydrogens (tertiary/aromatic N) is 2. The van der Waals surface area contributed by atoms with Crippen molar-refractivity contribution in [3.63, 3.8) is 0 Å². The van der Waals surface area contributed by atoms with Crippen molar-refractivity contribution in [3.05, 3.63) is 42.5 Å². The molecule has 166 valence electrons.